The number of carbonyl (C=O) groups is 2. The number of amides is 2. The summed E-state index contributed by atoms with van der Waals surface area (Å²) in [5.41, 5.74) is 2.57. The van der Waals surface area contributed by atoms with E-state index in [2.05, 4.69) is 5.32 Å². The highest BCUT2D eigenvalue weighted by molar-refractivity contribution is 6.46. The number of halogens is 1. The Hall–Kier alpha value is -4.13. The summed E-state index contributed by atoms with van der Waals surface area (Å²) in [6, 6.07) is 17.8. The molecule has 0 bridgehead atoms. The van der Waals surface area contributed by atoms with Crippen LogP contribution in [0.4, 0.5) is 15.8 Å². The van der Waals surface area contributed by atoms with Crippen molar-refractivity contribution in [3.8, 4) is 11.5 Å². The first-order chi connectivity index (χ1) is 15.0. The van der Waals surface area contributed by atoms with E-state index in [1.54, 1.807) is 30.3 Å². The summed E-state index contributed by atoms with van der Waals surface area (Å²) in [5, 5.41) is 3.07. The molecule has 3 aromatic rings. The maximum absolute atomic E-state index is 13.5. The van der Waals surface area contributed by atoms with Gasteiger partial charge in [0.05, 0.1) is 11.3 Å². The summed E-state index contributed by atoms with van der Waals surface area (Å²) in [5.74, 6) is -0.247. The topological polar surface area (TPSA) is 67.9 Å². The number of fused-ring (bicyclic) bond motifs is 1. The Balaban J connectivity index is 1.61. The Labute approximate surface area is 177 Å². The van der Waals surface area contributed by atoms with Gasteiger partial charge in [-0.05, 0) is 48.4 Å². The summed E-state index contributed by atoms with van der Waals surface area (Å²) >= 11 is 0. The van der Waals surface area contributed by atoms with Gasteiger partial charge in [0.2, 0.25) is 6.79 Å². The average Bonchev–Trinajstić information content (AvgIpc) is 3.32. The first kappa shape index (κ1) is 18.9. The molecule has 6 nitrogen and oxygen atoms in total. The summed E-state index contributed by atoms with van der Waals surface area (Å²) in [6.07, 6.45) is 0. The van der Waals surface area contributed by atoms with Crippen molar-refractivity contribution in [2.75, 3.05) is 17.0 Å². The number of rotatable bonds is 4. The number of nitrogens with zero attached hydrogens (tertiary/aromatic N) is 1. The van der Waals surface area contributed by atoms with Crippen LogP contribution in [0.15, 0.2) is 72.4 Å². The molecule has 0 fully saturated rings. The third-order valence-corrected chi connectivity index (χ3v) is 5.22. The highest BCUT2D eigenvalue weighted by atomic mass is 19.1. The van der Waals surface area contributed by atoms with Crippen LogP contribution in [-0.4, -0.2) is 18.6 Å². The smallest absolute Gasteiger partial charge is 0.282 e. The van der Waals surface area contributed by atoms with E-state index in [0.717, 1.165) is 10.5 Å². The molecule has 0 spiro atoms. The van der Waals surface area contributed by atoms with Crippen LogP contribution in [0.2, 0.25) is 0 Å². The number of anilines is 2. The minimum Gasteiger partial charge on any atom is -0.454 e. The normalized spacial score (nSPS) is 15.1. The van der Waals surface area contributed by atoms with E-state index in [-0.39, 0.29) is 18.1 Å². The zero-order chi connectivity index (χ0) is 21.5. The Morgan fingerprint density at radius 3 is 2.42 bits per heavy atom. The molecule has 0 aliphatic carbocycles. The number of benzene rings is 3. The molecule has 5 rings (SSSR count). The SMILES string of the molecule is Cc1ccccc1N1C(=O)C(Nc2ccc3c(c2)OCO3)=C(c2ccc(F)cc2)C1=O. The second kappa shape index (κ2) is 7.28. The summed E-state index contributed by atoms with van der Waals surface area (Å²) < 4.78 is 24.2. The predicted octanol–water partition coefficient (Wildman–Crippen LogP) is 4.26. The lowest BCUT2D eigenvalue weighted by Crippen LogP contribution is -2.33. The Kier molecular flexibility index (Phi) is 4.43. The third-order valence-electron chi connectivity index (χ3n) is 5.22. The van der Waals surface area contributed by atoms with E-state index in [4.69, 9.17) is 9.47 Å². The van der Waals surface area contributed by atoms with Crippen molar-refractivity contribution in [2.24, 2.45) is 0 Å². The van der Waals surface area contributed by atoms with Crippen molar-refractivity contribution in [1.82, 2.24) is 0 Å². The van der Waals surface area contributed by atoms with Gasteiger partial charge in [-0.1, -0.05) is 30.3 Å². The van der Waals surface area contributed by atoms with Crippen LogP contribution in [0.25, 0.3) is 5.57 Å². The highest BCUT2D eigenvalue weighted by Crippen LogP contribution is 2.38. The largest absolute Gasteiger partial charge is 0.454 e. The lowest BCUT2D eigenvalue weighted by molar-refractivity contribution is -0.120. The number of carbonyl (C=O) groups excluding carboxylic acids is 2. The van der Waals surface area contributed by atoms with Crippen molar-refractivity contribution >= 4 is 28.8 Å². The molecule has 2 amide bonds. The highest BCUT2D eigenvalue weighted by Gasteiger charge is 2.40. The first-order valence-electron chi connectivity index (χ1n) is 9.64. The van der Waals surface area contributed by atoms with Crippen molar-refractivity contribution < 1.29 is 23.5 Å². The number of ether oxygens (including phenoxy) is 2. The van der Waals surface area contributed by atoms with Crippen LogP contribution in [0.1, 0.15) is 11.1 Å². The molecule has 0 radical (unpaired) electrons. The molecule has 154 valence electrons. The monoisotopic (exact) mass is 416 g/mol. The number of hydrogen-bond acceptors (Lipinski definition) is 5. The molecule has 3 aromatic carbocycles. The molecule has 0 saturated heterocycles. The Morgan fingerprint density at radius 2 is 1.65 bits per heavy atom. The fraction of sp³-hybridized carbons (Fsp3) is 0.0833. The lowest BCUT2D eigenvalue weighted by atomic mass is 10.0. The van der Waals surface area contributed by atoms with Crippen LogP contribution < -0.4 is 19.7 Å². The minimum atomic E-state index is -0.490. The van der Waals surface area contributed by atoms with E-state index in [0.29, 0.717) is 28.4 Å². The molecule has 0 unspecified atom stereocenters. The standard InChI is InChI=1S/C24H17FN2O4/c1-14-4-2-3-5-18(14)27-23(28)21(15-6-8-16(25)9-7-15)22(24(27)29)26-17-10-11-19-20(12-17)31-13-30-19/h2-12,26H,13H2,1H3. The zero-order valence-electron chi connectivity index (χ0n) is 16.5. The minimum absolute atomic E-state index is 0.110. The fourth-order valence-electron chi connectivity index (χ4n) is 3.68. The zero-order valence-corrected chi connectivity index (χ0v) is 16.5. The number of imide groups is 1. The quantitative estimate of drug-likeness (QED) is 0.644. The summed E-state index contributed by atoms with van der Waals surface area (Å²) in [4.78, 5) is 28.0. The Morgan fingerprint density at radius 1 is 0.903 bits per heavy atom. The van der Waals surface area contributed by atoms with Gasteiger partial charge in [0.25, 0.3) is 11.8 Å². The van der Waals surface area contributed by atoms with Gasteiger partial charge in [-0.15, -0.1) is 0 Å². The van der Waals surface area contributed by atoms with E-state index in [1.165, 1.54) is 24.3 Å². The van der Waals surface area contributed by atoms with Gasteiger partial charge >= 0.3 is 0 Å². The van der Waals surface area contributed by atoms with Gasteiger partial charge in [0, 0.05) is 11.8 Å². The first-order valence-corrected chi connectivity index (χ1v) is 9.64. The Bertz CT molecular complexity index is 1250. The molecule has 31 heavy (non-hydrogen) atoms. The molecular weight excluding hydrogens is 399 g/mol. The van der Waals surface area contributed by atoms with Crippen LogP contribution >= 0.6 is 0 Å². The number of nitrogens with one attached hydrogen (secondary N) is 1. The van der Waals surface area contributed by atoms with E-state index < -0.39 is 17.6 Å². The molecule has 0 saturated carbocycles. The molecule has 2 heterocycles. The maximum Gasteiger partial charge on any atom is 0.282 e. The lowest BCUT2D eigenvalue weighted by Gasteiger charge is -2.17. The van der Waals surface area contributed by atoms with Crippen LogP contribution in [0.5, 0.6) is 11.5 Å². The molecule has 0 aromatic heterocycles. The van der Waals surface area contributed by atoms with E-state index >= 15 is 0 Å². The van der Waals surface area contributed by atoms with Gasteiger partial charge < -0.3 is 14.8 Å². The van der Waals surface area contributed by atoms with Crippen LogP contribution in [-0.2, 0) is 9.59 Å². The average molecular weight is 416 g/mol. The molecule has 7 heteroatoms. The van der Waals surface area contributed by atoms with Crippen LogP contribution in [0, 0.1) is 12.7 Å². The number of aryl methyl sites for hydroxylation is 1. The second-order valence-corrected chi connectivity index (χ2v) is 7.18. The van der Waals surface area contributed by atoms with E-state index in [1.807, 2.05) is 19.1 Å². The number of para-hydroxylation sites is 1. The molecular formula is C24H17FN2O4. The van der Waals surface area contributed by atoms with Gasteiger partial charge in [-0.25, -0.2) is 9.29 Å². The maximum atomic E-state index is 13.5. The third kappa shape index (κ3) is 3.20. The van der Waals surface area contributed by atoms with Crippen molar-refractivity contribution in [2.45, 2.75) is 6.92 Å². The molecule has 0 atom stereocenters. The van der Waals surface area contributed by atoms with Crippen molar-refractivity contribution in [1.29, 1.82) is 0 Å². The summed E-state index contributed by atoms with van der Waals surface area (Å²) in [6.45, 7) is 1.96. The number of hydrogen-bond donors (Lipinski definition) is 1. The predicted molar refractivity (Wildman–Crippen MR) is 113 cm³/mol. The van der Waals surface area contributed by atoms with E-state index in [9.17, 15) is 14.0 Å². The van der Waals surface area contributed by atoms with Gasteiger partial charge in [-0.3, -0.25) is 9.59 Å². The fourth-order valence-corrected chi connectivity index (χ4v) is 3.68. The van der Waals surface area contributed by atoms with Crippen molar-refractivity contribution in [3.63, 3.8) is 0 Å². The molecule has 2 aliphatic heterocycles. The molecule has 2 aliphatic rings. The molecule has 1 N–H and O–H groups in total. The van der Waals surface area contributed by atoms with Crippen LogP contribution in [0.3, 0.4) is 0 Å². The second-order valence-electron chi connectivity index (χ2n) is 7.18. The van der Waals surface area contributed by atoms with Gasteiger partial charge in [-0.2, -0.15) is 0 Å². The van der Waals surface area contributed by atoms with Gasteiger partial charge in [0.1, 0.15) is 11.5 Å². The summed E-state index contributed by atoms with van der Waals surface area (Å²) in [7, 11) is 0. The van der Waals surface area contributed by atoms with Gasteiger partial charge in [0.15, 0.2) is 11.5 Å². The van der Waals surface area contributed by atoms with Crippen molar-refractivity contribution in [3.05, 3.63) is 89.4 Å².